The molecule has 0 unspecified atom stereocenters. The molecule has 3 N–H and O–H groups in total. The number of rotatable bonds is 5. The Balaban J connectivity index is 2.13. The van der Waals surface area contributed by atoms with Gasteiger partial charge in [-0.1, -0.05) is 18.2 Å². The lowest BCUT2D eigenvalue weighted by Gasteiger charge is -2.06. The molecule has 0 fully saturated rings. The quantitative estimate of drug-likeness (QED) is 0.655. The maximum atomic E-state index is 10.7. The van der Waals surface area contributed by atoms with Crippen molar-refractivity contribution in [1.82, 2.24) is 5.32 Å². The van der Waals surface area contributed by atoms with Crippen molar-refractivity contribution in [3.8, 4) is 5.75 Å². The molecule has 0 saturated heterocycles. The van der Waals surface area contributed by atoms with E-state index in [1.165, 1.54) is 0 Å². The van der Waals surface area contributed by atoms with Crippen LogP contribution in [0.3, 0.4) is 0 Å². The first-order valence-corrected chi connectivity index (χ1v) is 4.47. The van der Waals surface area contributed by atoms with E-state index in [0.717, 1.165) is 5.75 Å². The molecule has 0 bridgehead atoms. The van der Waals surface area contributed by atoms with Gasteiger partial charge < -0.3 is 15.8 Å². The minimum absolute atomic E-state index is 0.0192. The van der Waals surface area contributed by atoms with E-state index >= 15 is 0 Å². The van der Waals surface area contributed by atoms with Crippen LogP contribution in [-0.2, 0) is 4.79 Å². The van der Waals surface area contributed by atoms with Crippen LogP contribution in [0.2, 0.25) is 0 Å². The highest BCUT2D eigenvalue weighted by Gasteiger charge is 1.95. The van der Waals surface area contributed by atoms with Crippen LogP contribution in [0.15, 0.2) is 30.3 Å². The summed E-state index contributed by atoms with van der Waals surface area (Å²) in [6.07, 6.45) is 0. The number of nitrogens with two attached hydrogens (primary N) is 1. The van der Waals surface area contributed by atoms with Gasteiger partial charge in [-0.2, -0.15) is 0 Å². The molecule has 1 rings (SSSR count). The average molecular weight is 194 g/mol. The second-order valence-electron chi connectivity index (χ2n) is 2.72. The molecule has 0 aliphatic heterocycles. The topological polar surface area (TPSA) is 64.4 Å². The smallest absolute Gasteiger partial charge is 0.233 e. The number of hydrogen-bond acceptors (Lipinski definition) is 3. The molecular weight excluding hydrogens is 180 g/mol. The number of hydrogen-bond donors (Lipinski definition) is 2. The zero-order chi connectivity index (χ0) is 10.2. The monoisotopic (exact) mass is 194 g/mol. The lowest BCUT2D eigenvalue weighted by molar-refractivity contribution is -0.119. The molecule has 1 aromatic carbocycles. The van der Waals surface area contributed by atoms with Gasteiger partial charge in [-0.3, -0.25) is 4.79 Å². The van der Waals surface area contributed by atoms with E-state index < -0.39 is 0 Å². The van der Waals surface area contributed by atoms with Crippen molar-refractivity contribution < 1.29 is 9.53 Å². The summed E-state index contributed by atoms with van der Waals surface area (Å²) in [5.41, 5.74) is 5.11. The summed E-state index contributed by atoms with van der Waals surface area (Å²) < 4.78 is 5.35. The van der Waals surface area contributed by atoms with Gasteiger partial charge in [0.1, 0.15) is 12.4 Å². The van der Waals surface area contributed by atoms with E-state index in [1.54, 1.807) is 0 Å². The van der Waals surface area contributed by atoms with Gasteiger partial charge >= 0.3 is 0 Å². The number of amides is 1. The molecule has 0 spiro atoms. The Bertz CT molecular complexity index is 275. The van der Waals surface area contributed by atoms with Gasteiger partial charge in [-0.15, -0.1) is 0 Å². The van der Waals surface area contributed by atoms with Crippen molar-refractivity contribution in [2.24, 2.45) is 5.73 Å². The van der Waals surface area contributed by atoms with E-state index in [2.05, 4.69) is 5.32 Å². The fraction of sp³-hybridized carbons (Fsp3) is 0.300. The second-order valence-corrected chi connectivity index (χ2v) is 2.72. The highest BCUT2D eigenvalue weighted by atomic mass is 16.5. The highest BCUT2D eigenvalue weighted by Crippen LogP contribution is 2.07. The van der Waals surface area contributed by atoms with Gasteiger partial charge in [0.2, 0.25) is 5.91 Å². The predicted molar refractivity (Wildman–Crippen MR) is 54.0 cm³/mol. The second kappa shape index (κ2) is 5.99. The average Bonchev–Trinajstić information content (AvgIpc) is 2.25. The van der Waals surface area contributed by atoms with Gasteiger partial charge in [0.05, 0.1) is 13.1 Å². The summed E-state index contributed by atoms with van der Waals surface area (Å²) in [6.45, 7) is 0.950. The Morgan fingerprint density at radius 3 is 2.71 bits per heavy atom. The van der Waals surface area contributed by atoms with Crippen molar-refractivity contribution in [1.29, 1.82) is 0 Å². The maximum absolute atomic E-state index is 10.7. The fourth-order valence-electron chi connectivity index (χ4n) is 0.948. The minimum atomic E-state index is -0.165. The molecule has 0 aromatic heterocycles. The molecular formula is C10H14N2O2. The van der Waals surface area contributed by atoms with Gasteiger partial charge in [-0.25, -0.2) is 0 Å². The molecule has 0 atom stereocenters. The zero-order valence-electron chi connectivity index (χ0n) is 7.90. The summed E-state index contributed by atoms with van der Waals surface area (Å²) in [4.78, 5) is 10.7. The van der Waals surface area contributed by atoms with E-state index in [0.29, 0.717) is 13.2 Å². The summed E-state index contributed by atoms with van der Waals surface area (Å²) >= 11 is 0. The Kier molecular flexibility index (Phi) is 4.50. The van der Waals surface area contributed by atoms with Gasteiger partial charge in [-0.05, 0) is 12.1 Å². The first-order chi connectivity index (χ1) is 6.83. The molecule has 1 aromatic rings. The number of carbonyl (C=O) groups excluding carboxylic acids is 1. The van der Waals surface area contributed by atoms with E-state index in [9.17, 15) is 4.79 Å². The van der Waals surface area contributed by atoms with Crippen LogP contribution in [-0.4, -0.2) is 25.6 Å². The summed E-state index contributed by atoms with van der Waals surface area (Å²) in [5.74, 6) is 0.635. The van der Waals surface area contributed by atoms with E-state index in [1.807, 2.05) is 30.3 Å². The maximum Gasteiger partial charge on any atom is 0.233 e. The van der Waals surface area contributed by atoms with Crippen LogP contribution < -0.4 is 15.8 Å². The lowest BCUT2D eigenvalue weighted by Crippen LogP contribution is -2.33. The highest BCUT2D eigenvalue weighted by molar-refractivity contribution is 5.77. The van der Waals surface area contributed by atoms with Gasteiger partial charge in [0, 0.05) is 0 Å². The molecule has 0 saturated carbocycles. The molecule has 14 heavy (non-hydrogen) atoms. The van der Waals surface area contributed by atoms with Gasteiger partial charge in [0.25, 0.3) is 0 Å². The van der Waals surface area contributed by atoms with Crippen LogP contribution in [0.25, 0.3) is 0 Å². The Morgan fingerprint density at radius 1 is 1.36 bits per heavy atom. The number of para-hydroxylation sites is 1. The molecule has 76 valence electrons. The number of benzene rings is 1. The summed E-state index contributed by atoms with van der Waals surface area (Å²) in [7, 11) is 0. The summed E-state index contributed by atoms with van der Waals surface area (Å²) in [5, 5.41) is 2.61. The molecule has 0 aliphatic rings. The van der Waals surface area contributed by atoms with Crippen LogP contribution in [0, 0.1) is 0 Å². The number of carbonyl (C=O) groups is 1. The molecule has 4 nitrogen and oxygen atoms in total. The zero-order valence-corrected chi connectivity index (χ0v) is 7.90. The number of nitrogens with one attached hydrogen (secondary N) is 1. The Hall–Kier alpha value is -1.55. The molecule has 0 radical (unpaired) electrons. The SMILES string of the molecule is NCC(=O)NCCOc1ccccc1. The van der Waals surface area contributed by atoms with Crippen molar-refractivity contribution >= 4 is 5.91 Å². The summed E-state index contributed by atoms with van der Waals surface area (Å²) in [6, 6.07) is 9.44. The van der Waals surface area contributed by atoms with Gasteiger partial charge in [0.15, 0.2) is 0 Å². The Morgan fingerprint density at radius 2 is 2.07 bits per heavy atom. The third kappa shape index (κ3) is 3.91. The van der Waals surface area contributed by atoms with E-state index in [4.69, 9.17) is 10.5 Å². The Labute approximate surface area is 83.1 Å². The normalized spacial score (nSPS) is 9.50. The third-order valence-electron chi connectivity index (χ3n) is 1.62. The molecule has 4 heteroatoms. The van der Waals surface area contributed by atoms with Crippen LogP contribution in [0.1, 0.15) is 0 Å². The first kappa shape index (κ1) is 10.5. The van der Waals surface area contributed by atoms with Crippen molar-refractivity contribution in [3.05, 3.63) is 30.3 Å². The van der Waals surface area contributed by atoms with Crippen molar-refractivity contribution in [3.63, 3.8) is 0 Å². The molecule has 0 aliphatic carbocycles. The lowest BCUT2D eigenvalue weighted by atomic mass is 10.3. The first-order valence-electron chi connectivity index (χ1n) is 4.47. The van der Waals surface area contributed by atoms with Crippen LogP contribution in [0.5, 0.6) is 5.75 Å². The largest absolute Gasteiger partial charge is 0.492 e. The predicted octanol–water partition coefficient (Wildman–Crippen LogP) is 0.140. The minimum Gasteiger partial charge on any atom is -0.492 e. The van der Waals surface area contributed by atoms with E-state index in [-0.39, 0.29) is 12.5 Å². The third-order valence-corrected chi connectivity index (χ3v) is 1.62. The standard InChI is InChI=1S/C10H14N2O2/c11-8-10(13)12-6-7-14-9-4-2-1-3-5-9/h1-5H,6-8,11H2,(H,12,13). The van der Waals surface area contributed by atoms with Crippen molar-refractivity contribution in [2.45, 2.75) is 0 Å². The fourth-order valence-corrected chi connectivity index (χ4v) is 0.948. The van der Waals surface area contributed by atoms with Crippen LogP contribution in [0.4, 0.5) is 0 Å². The van der Waals surface area contributed by atoms with Crippen LogP contribution >= 0.6 is 0 Å². The molecule has 1 amide bonds. The number of ether oxygens (including phenoxy) is 1. The van der Waals surface area contributed by atoms with Crippen molar-refractivity contribution in [2.75, 3.05) is 19.7 Å². The molecule has 0 heterocycles.